The second kappa shape index (κ2) is 18.1. The van der Waals surface area contributed by atoms with E-state index in [1.165, 1.54) is 157 Å². The Morgan fingerprint density at radius 3 is 2.20 bits per heavy atom. The number of anilines is 1. The fraction of sp³-hybridized carbons (Fsp3) is 0.565. The summed E-state index contributed by atoms with van der Waals surface area (Å²) in [5.41, 5.74) is 13.4. The van der Waals surface area contributed by atoms with Crippen LogP contribution >= 0.6 is 0 Å². The second-order valence-electron chi connectivity index (χ2n) is 26.1. The molecule has 0 spiro atoms. The van der Waals surface area contributed by atoms with E-state index in [0.717, 1.165) is 47.3 Å². The third-order valence-corrected chi connectivity index (χ3v) is 22.9. The fourth-order valence-electron chi connectivity index (χ4n) is 19.9. The van der Waals surface area contributed by atoms with E-state index in [1.807, 2.05) is 0 Å². The SMILES string of the molecule is CC1(C)C2CCCCC2C2CCC(C3C=C(C(C4=CC=C(C5C=CC(N6c7c(ccc8ccccc78)C7C8CCCCC8CCC76)CC5)C5CCCC45)c4ccc(-c5ccccc5)cc4)CCC3)CC21. The Morgan fingerprint density at radius 2 is 1.33 bits per heavy atom. The van der Waals surface area contributed by atoms with Gasteiger partial charge in [-0.05, 0) is 194 Å². The molecule has 70 heavy (non-hydrogen) atoms. The van der Waals surface area contributed by atoms with Gasteiger partial charge in [-0.3, -0.25) is 0 Å². The highest BCUT2D eigenvalue weighted by molar-refractivity contribution is 5.98. The lowest BCUT2D eigenvalue weighted by Crippen LogP contribution is -2.47. The molecular weight excluding hydrogens is 843 g/mol. The summed E-state index contributed by atoms with van der Waals surface area (Å²) in [7, 11) is 0. The molecule has 0 saturated heterocycles. The molecule has 0 bridgehead atoms. The third-order valence-electron chi connectivity index (χ3n) is 22.9. The van der Waals surface area contributed by atoms with Gasteiger partial charge in [0.2, 0.25) is 0 Å². The average molecular weight is 926 g/mol. The maximum absolute atomic E-state index is 3.02. The molecule has 14 rings (SSSR count). The lowest BCUT2D eigenvalue weighted by atomic mass is 9.62. The van der Waals surface area contributed by atoms with Gasteiger partial charge in [-0.1, -0.05) is 190 Å². The van der Waals surface area contributed by atoms with E-state index in [-0.39, 0.29) is 0 Å². The maximum atomic E-state index is 3.02. The van der Waals surface area contributed by atoms with Crippen LogP contribution in [-0.2, 0) is 0 Å². The van der Waals surface area contributed by atoms with Crippen molar-refractivity contribution in [3.05, 3.63) is 149 Å². The van der Waals surface area contributed by atoms with Gasteiger partial charge in [0, 0.05) is 35.0 Å². The van der Waals surface area contributed by atoms with Crippen LogP contribution in [0.3, 0.4) is 0 Å². The molecule has 10 aliphatic rings. The normalized spacial score (nSPS) is 37.7. The number of benzene rings is 4. The molecule has 4 aromatic carbocycles. The van der Waals surface area contributed by atoms with Crippen LogP contribution in [0.15, 0.2) is 138 Å². The van der Waals surface area contributed by atoms with Crippen LogP contribution in [0.2, 0.25) is 0 Å². The molecule has 6 fully saturated rings. The summed E-state index contributed by atoms with van der Waals surface area (Å²) in [6.07, 6.45) is 43.6. The van der Waals surface area contributed by atoms with Crippen molar-refractivity contribution in [3.63, 3.8) is 0 Å². The van der Waals surface area contributed by atoms with Crippen LogP contribution < -0.4 is 4.90 Å². The van der Waals surface area contributed by atoms with Gasteiger partial charge in [0.25, 0.3) is 0 Å². The van der Waals surface area contributed by atoms with Gasteiger partial charge in [-0.25, -0.2) is 0 Å². The van der Waals surface area contributed by atoms with E-state index in [9.17, 15) is 0 Å². The highest BCUT2D eigenvalue weighted by atomic mass is 15.2. The van der Waals surface area contributed by atoms with E-state index in [1.54, 1.807) is 33.5 Å². The number of hydrogen-bond acceptors (Lipinski definition) is 1. The van der Waals surface area contributed by atoms with E-state index < -0.39 is 0 Å². The predicted octanol–water partition coefficient (Wildman–Crippen LogP) is 18.4. The van der Waals surface area contributed by atoms with Gasteiger partial charge in [0.05, 0.1) is 0 Å². The Morgan fingerprint density at radius 1 is 0.557 bits per heavy atom. The first-order valence-electron chi connectivity index (χ1n) is 29.7. The van der Waals surface area contributed by atoms with Crippen molar-refractivity contribution in [2.75, 3.05) is 4.90 Å². The number of nitrogens with zero attached hydrogens (tertiary/aromatic N) is 1. The molecule has 364 valence electrons. The van der Waals surface area contributed by atoms with Crippen LogP contribution in [-0.4, -0.2) is 12.1 Å². The lowest BCUT2D eigenvalue weighted by molar-refractivity contribution is 0.0846. The minimum atomic E-state index is 0.404. The van der Waals surface area contributed by atoms with Crippen LogP contribution in [0.1, 0.15) is 172 Å². The second-order valence-corrected chi connectivity index (χ2v) is 26.1. The van der Waals surface area contributed by atoms with Gasteiger partial charge in [-0.15, -0.1) is 0 Å². The monoisotopic (exact) mass is 926 g/mol. The molecule has 15 unspecified atom stereocenters. The zero-order chi connectivity index (χ0) is 46.5. The van der Waals surface area contributed by atoms with E-state index in [4.69, 9.17) is 0 Å². The summed E-state index contributed by atoms with van der Waals surface area (Å²) in [5, 5.41) is 2.93. The van der Waals surface area contributed by atoms with Crippen LogP contribution in [0.4, 0.5) is 5.69 Å². The summed E-state index contributed by atoms with van der Waals surface area (Å²) < 4.78 is 0. The minimum Gasteiger partial charge on any atom is -0.361 e. The minimum absolute atomic E-state index is 0.404. The summed E-state index contributed by atoms with van der Waals surface area (Å²) in [6, 6.07) is 36.6. The molecule has 1 heterocycles. The molecule has 0 aromatic heterocycles. The van der Waals surface area contributed by atoms with Gasteiger partial charge in [0.1, 0.15) is 0 Å². The van der Waals surface area contributed by atoms with E-state index >= 15 is 0 Å². The van der Waals surface area contributed by atoms with Crippen molar-refractivity contribution < 1.29 is 0 Å². The summed E-state index contributed by atoms with van der Waals surface area (Å²) in [5.74, 6) is 10.4. The Labute approximate surface area is 422 Å². The highest BCUT2D eigenvalue weighted by Gasteiger charge is 2.57. The van der Waals surface area contributed by atoms with Gasteiger partial charge >= 0.3 is 0 Å². The molecule has 1 nitrogen and oxygen atoms in total. The van der Waals surface area contributed by atoms with Gasteiger partial charge in [-0.2, -0.15) is 0 Å². The molecule has 1 heteroatoms. The quantitative estimate of drug-likeness (QED) is 0.167. The summed E-state index contributed by atoms with van der Waals surface area (Å²) in [4.78, 5) is 3.02. The van der Waals surface area contributed by atoms with Crippen molar-refractivity contribution >= 4 is 16.5 Å². The third kappa shape index (κ3) is 7.39. The first kappa shape index (κ1) is 44.6. The Kier molecular flexibility index (Phi) is 11.5. The molecule has 0 amide bonds. The smallest absolute Gasteiger partial charge is 0.0489 e. The summed E-state index contributed by atoms with van der Waals surface area (Å²) in [6.45, 7) is 5.42. The first-order valence-corrected chi connectivity index (χ1v) is 29.7. The van der Waals surface area contributed by atoms with Crippen molar-refractivity contribution in [1.82, 2.24) is 0 Å². The molecule has 15 atom stereocenters. The van der Waals surface area contributed by atoms with Crippen LogP contribution in [0, 0.1) is 70.5 Å². The zero-order valence-electron chi connectivity index (χ0n) is 43.0. The fourth-order valence-corrected chi connectivity index (χ4v) is 19.9. The maximum Gasteiger partial charge on any atom is 0.0489 e. The molecule has 0 radical (unpaired) electrons. The lowest BCUT2D eigenvalue weighted by Gasteiger charge is -2.47. The summed E-state index contributed by atoms with van der Waals surface area (Å²) >= 11 is 0. The van der Waals surface area contributed by atoms with Crippen molar-refractivity contribution in [3.8, 4) is 11.1 Å². The van der Waals surface area contributed by atoms with Crippen molar-refractivity contribution in [2.24, 2.45) is 70.5 Å². The predicted molar refractivity (Wildman–Crippen MR) is 294 cm³/mol. The van der Waals surface area contributed by atoms with E-state index in [2.05, 4.69) is 140 Å². The number of fused-ring (bicyclic) bond motifs is 11. The standard InChI is InChI=1S/C69H83N/c1-69(2)63-25-11-10-22-59(63)60-37-33-51(43-64(60)69)50-18-12-19-52(42-50)66(49-28-26-45(27-29-49)44-14-4-3-5-15-44)61-40-39-54(57-23-13-24-58(57)61)48-30-35-53(36-31-48)70-65-41-34-46-16-6-8-20-55(46)67(65)62-38-32-47-17-7-9-21-56(47)68(62)70/h3-5,7,9,14-15,17,21,26-30,32,35,38-40,42,46,48,50-51,53,55,57-60,63-67H,6,8,10-13,16,18-20,22-25,31,33-34,36-37,41,43H2,1-2H3. The Balaban J connectivity index is 0.779. The molecular formula is C69H83N. The van der Waals surface area contributed by atoms with Crippen molar-refractivity contribution in [2.45, 2.75) is 173 Å². The number of hydrogen-bond donors (Lipinski definition) is 0. The van der Waals surface area contributed by atoms with Gasteiger partial charge in [0.15, 0.2) is 0 Å². The Hall–Kier alpha value is -4.10. The van der Waals surface area contributed by atoms with Crippen molar-refractivity contribution in [1.29, 1.82) is 0 Å². The largest absolute Gasteiger partial charge is 0.361 e. The molecule has 9 aliphatic carbocycles. The van der Waals surface area contributed by atoms with Crippen LogP contribution in [0.25, 0.3) is 21.9 Å². The highest BCUT2D eigenvalue weighted by Crippen LogP contribution is 2.65. The average Bonchev–Trinajstić information content (AvgIpc) is 4.12. The Bertz CT molecular complexity index is 2690. The topological polar surface area (TPSA) is 3.24 Å². The number of rotatable bonds is 7. The first-order chi connectivity index (χ1) is 34.5. The van der Waals surface area contributed by atoms with Crippen LogP contribution in [0.5, 0.6) is 0 Å². The number of allylic oxidation sites excluding steroid dienone is 7. The molecule has 0 N–H and O–H groups in total. The molecule has 4 aromatic rings. The van der Waals surface area contributed by atoms with E-state index in [0.29, 0.717) is 47.1 Å². The zero-order valence-corrected chi connectivity index (χ0v) is 43.0. The molecule has 6 saturated carbocycles. The molecule has 1 aliphatic heterocycles. The van der Waals surface area contributed by atoms with Gasteiger partial charge < -0.3 is 4.90 Å².